The van der Waals surface area contributed by atoms with Crippen molar-refractivity contribution in [3.63, 3.8) is 0 Å². The Morgan fingerprint density at radius 2 is 2.09 bits per heavy atom. The van der Waals surface area contributed by atoms with Gasteiger partial charge in [-0.2, -0.15) is 0 Å². The molecule has 1 atom stereocenters. The molecule has 5 heteroatoms. The topological polar surface area (TPSA) is 50.1 Å². The monoisotopic (exact) mass is 319 g/mol. The van der Waals surface area contributed by atoms with Gasteiger partial charge in [0.1, 0.15) is 6.29 Å². The van der Waals surface area contributed by atoms with Gasteiger partial charge in [0.25, 0.3) is 6.71 Å². The number of hydrogen-bond donors (Lipinski definition) is 0. The van der Waals surface area contributed by atoms with E-state index in [0.29, 0.717) is 0 Å². The smallest absolute Gasteiger partial charge is 0.278 e. The molecule has 0 saturated carbocycles. The lowest BCUT2D eigenvalue weighted by Gasteiger charge is -2.22. The number of methoxy groups -OCH3 is 1. The summed E-state index contributed by atoms with van der Waals surface area (Å²) in [5, 5.41) is 9.24. The molecule has 0 bridgehead atoms. The van der Waals surface area contributed by atoms with Crippen molar-refractivity contribution >= 4 is 24.6 Å². The number of carbonyl (C=O) groups excluding carboxylic acids is 1. The van der Waals surface area contributed by atoms with Crippen molar-refractivity contribution in [3.8, 4) is 5.97 Å². The molecule has 1 aromatic rings. The molecule has 0 aromatic heterocycles. The molecule has 2 rings (SSSR count). The highest BCUT2D eigenvalue weighted by atomic mass is 35.5. The maximum Gasteiger partial charge on any atom is 0.278 e. The Morgan fingerprint density at radius 3 is 2.55 bits per heavy atom. The Morgan fingerprint density at radius 1 is 1.45 bits per heavy atom. The van der Waals surface area contributed by atoms with Gasteiger partial charge in [-0.3, -0.25) is 0 Å². The van der Waals surface area contributed by atoms with E-state index < -0.39 is 0 Å². The standard InChI is InChI=1S/C11H15ClO.C6H8BNO/c1-11(2,13-3)8-9-4-6-10(12)7-5-9;8-5-7-3-1-2-6(7)4-9/h4-7H,8H2,1-3H3;4,6H,1-3H2. The fourth-order valence-corrected chi connectivity index (χ4v) is 2.60. The number of ether oxygens (including phenoxy) is 1. The summed E-state index contributed by atoms with van der Waals surface area (Å²) < 4.78 is 5.34. The number of nitrogens with zero attached hydrogens (tertiary/aromatic N) is 1. The van der Waals surface area contributed by atoms with Crippen LogP contribution in [0.1, 0.15) is 32.3 Å². The Balaban J connectivity index is 0.000000235. The van der Waals surface area contributed by atoms with E-state index in [4.69, 9.17) is 21.6 Å². The molecule has 1 aliphatic heterocycles. The van der Waals surface area contributed by atoms with Crippen LogP contribution in [0.15, 0.2) is 24.3 Å². The van der Waals surface area contributed by atoms with Crippen molar-refractivity contribution in [2.45, 2.75) is 50.8 Å². The Hall–Kier alpha value is -1.31. The highest BCUT2D eigenvalue weighted by molar-refractivity contribution is 6.71. The SMILES string of the molecule is COC(C)(C)Cc1ccc(Cl)cc1.N#CB1CCCC1C=O. The number of carbonyl (C=O) groups is 1. The largest absolute Gasteiger partial charge is 0.378 e. The van der Waals surface area contributed by atoms with Crippen LogP contribution in [0.2, 0.25) is 17.2 Å². The number of nitriles is 1. The summed E-state index contributed by atoms with van der Waals surface area (Å²) in [6.07, 6.45) is 4.70. The molecule has 1 fully saturated rings. The minimum Gasteiger partial charge on any atom is -0.378 e. The number of hydrogen-bond acceptors (Lipinski definition) is 3. The maximum absolute atomic E-state index is 10.2. The molecule has 0 aliphatic carbocycles. The molecule has 1 saturated heterocycles. The summed E-state index contributed by atoms with van der Waals surface area (Å²) in [7, 11) is 1.73. The van der Waals surface area contributed by atoms with Crippen LogP contribution in [0.25, 0.3) is 0 Å². The van der Waals surface area contributed by atoms with Gasteiger partial charge in [0.2, 0.25) is 0 Å². The molecule has 0 spiro atoms. The first-order chi connectivity index (χ1) is 10.4. The number of benzene rings is 1. The van der Waals surface area contributed by atoms with E-state index in [9.17, 15) is 4.79 Å². The van der Waals surface area contributed by atoms with Gasteiger partial charge in [0, 0.05) is 30.3 Å². The first kappa shape index (κ1) is 18.7. The summed E-state index contributed by atoms with van der Waals surface area (Å²) in [5.74, 6) is 2.17. The lowest BCUT2D eigenvalue weighted by Crippen LogP contribution is -2.25. The second-order valence-electron chi connectivity index (χ2n) is 6.23. The second kappa shape index (κ2) is 8.97. The summed E-state index contributed by atoms with van der Waals surface area (Å²) in [5.41, 5.74) is 1.14. The Labute approximate surface area is 138 Å². The molecule has 1 unspecified atom stereocenters. The van der Waals surface area contributed by atoms with E-state index in [1.165, 1.54) is 5.56 Å². The third-order valence-corrected chi connectivity index (χ3v) is 4.26. The van der Waals surface area contributed by atoms with Crippen LogP contribution in [0.5, 0.6) is 0 Å². The van der Waals surface area contributed by atoms with Crippen LogP contribution in [0, 0.1) is 11.2 Å². The van der Waals surface area contributed by atoms with Crippen molar-refractivity contribution in [3.05, 3.63) is 34.9 Å². The van der Waals surface area contributed by atoms with E-state index >= 15 is 0 Å². The van der Waals surface area contributed by atoms with Gasteiger partial charge in [-0.1, -0.05) is 36.5 Å². The van der Waals surface area contributed by atoms with Crippen LogP contribution in [-0.2, 0) is 16.0 Å². The summed E-state index contributed by atoms with van der Waals surface area (Å²) in [4.78, 5) is 10.2. The van der Waals surface area contributed by atoms with Gasteiger partial charge in [-0.05, 0) is 38.0 Å². The zero-order valence-electron chi connectivity index (χ0n) is 13.5. The molecule has 118 valence electrons. The molecular formula is C17H23BClNO2. The fourth-order valence-electron chi connectivity index (χ4n) is 2.48. The van der Waals surface area contributed by atoms with E-state index in [1.54, 1.807) is 7.11 Å². The van der Waals surface area contributed by atoms with E-state index in [-0.39, 0.29) is 18.1 Å². The molecule has 0 amide bonds. The fraction of sp³-hybridized carbons (Fsp3) is 0.529. The Kier molecular flexibility index (Phi) is 7.65. The van der Waals surface area contributed by atoms with Gasteiger partial charge in [0.15, 0.2) is 0 Å². The molecule has 3 nitrogen and oxygen atoms in total. The molecule has 0 N–H and O–H groups in total. The van der Waals surface area contributed by atoms with Gasteiger partial charge in [0.05, 0.1) is 5.60 Å². The molecule has 0 radical (unpaired) electrons. The lowest BCUT2D eigenvalue weighted by atomic mass is 9.44. The Bertz CT molecular complexity index is 510. The van der Waals surface area contributed by atoms with Crippen molar-refractivity contribution in [2.75, 3.05) is 7.11 Å². The number of halogens is 1. The molecule has 1 aromatic carbocycles. The van der Waals surface area contributed by atoms with E-state index in [1.807, 2.05) is 24.3 Å². The van der Waals surface area contributed by atoms with Crippen LogP contribution in [0.3, 0.4) is 0 Å². The molecule has 1 aliphatic rings. The highest BCUT2D eigenvalue weighted by Crippen LogP contribution is 2.27. The summed E-state index contributed by atoms with van der Waals surface area (Å²) in [6.45, 7) is 4.16. The average molecular weight is 320 g/mol. The predicted molar refractivity (Wildman–Crippen MR) is 91.5 cm³/mol. The average Bonchev–Trinajstić information content (AvgIpc) is 2.98. The molecule has 1 heterocycles. The second-order valence-corrected chi connectivity index (χ2v) is 6.67. The first-order valence-corrected chi connectivity index (χ1v) is 7.94. The van der Waals surface area contributed by atoms with Crippen molar-refractivity contribution < 1.29 is 9.53 Å². The zero-order chi connectivity index (χ0) is 16.6. The third-order valence-electron chi connectivity index (χ3n) is 4.01. The van der Waals surface area contributed by atoms with Gasteiger partial charge < -0.3 is 9.53 Å². The minimum atomic E-state index is -0.103. The van der Waals surface area contributed by atoms with Crippen LogP contribution >= 0.6 is 11.6 Å². The van der Waals surface area contributed by atoms with Crippen molar-refractivity contribution in [2.24, 2.45) is 0 Å². The minimum absolute atomic E-state index is 0.0162. The van der Waals surface area contributed by atoms with Gasteiger partial charge >= 0.3 is 0 Å². The van der Waals surface area contributed by atoms with Crippen LogP contribution in [0.4, 0.5) is 0 Å². The predicted octanol–water partition coefficient (Wildman–Crippen LogP) is 4.21. The van der Waals surface area contributed by atoms with Crippen molar-refractivity contribution in [1.29, 1.82) is 5.26 Å². The van der Waals surface area contributed by atoms with Crippen LogP contribution in [-0.4, -0.2) is 25.7 Å². The van der Waals surface area contributed by atoms with E-state index in [2.05, 4.69) is 19.8 Å². The normalized spacial score (nSPS) is 17.4. The quantitative estimate of drug-likeness (QED) is 0.617. The number of rotatable bonds is 4. The first-order valence-electron chi connectivity index (χ1n) is 7.56. The maximum atomic E-state index is 10.2. The molecular weight excluding hydrogens is 296 g/mol. The zero-order valence-corrected chi connectivity index (χ0v) is 14.3. The highest BCUT2D eigenvalue weighted by Gasteiger charge is 2.30. The van der Waals surface area contributed by atoms with E-state index in [0.717, 1.165) is 36.9 Å². The van der Waals surface area contributed by atoms with Crippen LogP contribution < -0.4 is 0 Å². The summed E-state index contributed by atoms with van der Waals surface area (Å²) >= 11 is 5.79. The van der Waals surface area contributed by atoms with Crippen molar-refractivity contribution in [1.82, 2.24) is 0 Å². The van der Waals surface area contributed by atoms with Gasteiger partial charge in [-0.25, -0.2) is 5.26 Å². The third kappa shape index (κ3) is 6.21. The lowest BCUT2D eigenvalue weighted by molar-refractivity contribution is -0.107. The summed E-state index contributed by atoms with van der Waals surface area (Å²) in [6, 6.07) is 7.87. The molecule has 22 heavy (non-hydrogen) atoms. The number of aldehydes is 1. The van der Waals surface area contributed by atoms with Gasteiger partial charge in [-0.15, -0.1) is 0 Å².